The molecular formula is C23H25N3O5S. The van der Waals surface area contributed by atoms with Gasteiger partial charge in [0, 0.05) is 35.0 Å². The fraction of sp³-hybridized carbons (Fsp3) is 0.304. The zero-order valence-corrected chi connectivity index (χ0v) is 18.9. The molecule has 3 N–H and O–H groups in total. The van der Waals surface area contributed by atoms with Gasteiger partial charge < -0.3 is 20.6 Å². The summed E-state index contributed by atoms with van der Waals surface area (Å²) < 4.78 is 0. The van der Waals surface area contributed by atoms with E-state index in [4.69, 9.17) is 0 Å². The van der Waals surface area contributed by atoms with Gasteiger partial charge in [0.2, 0.25) is 0 Å². The minimum atomic E-state index is -1.34. The summed E-state index contributed by atoms with van der Waals surface area (Å²) in [4.78, 5) is 51.5. The van der Waals surface area contributed by atoms with Crippen molar-refractivity contribution < 1.29 is 24.3 Å². The van der Waals surface area contributed by atoms with Crippen molar-refractivity contribution in [2.45, 2.75) is 38.8 Å². The van der Waals surface area contributed by atoms with E-state index in [0.29, 0.717) is 17.0 Å². The second-order valence-corrected chi connectivity index (χ2v) is 8.89. The Balaban J connectivity index is 1.72. The van der Waals surface area contributed by atoms with Crippen LogP contribution in [0.15, 0.2) is 48.2 Å². The van der Waals surface area contributed by atoms with Gasteiger partial charge in [-0.2, -0.15) is 0 Å². The number of likely N-dealkylation sites (N-methyl/N-ethyl adjacent to an activating group) is 1. The van der Waals surface area contributed by atoms with Crippen LogP contribution in [0.25, 0.3) is 0 Å². The second-order valence-electron chi connectivity index (χ2n) is 7.69. The molecule has 1 aromatic carbocycles. The number of thiophene rings is 1. The molecule has 1 aliphatic rings. The van der Waals surface area contributed by atoms with Crippen LogP contribution in [0, 0.1) is 6.92 Å². The van der Waals surface area contributed by atoms with E-state index in [-0.39, 0.29) is 6.42 Å². The normalized spacial score (nSPS) is 17.0. The lowest BCUT2D eigenvalue weighted by atomic mass is 10.1. The van der Waals surface area contributed by atoms with E-state index < -0.39 is 35.8 Å². The Hall–Kier alpha value is -3.46. The molecule has 32 heavy (non-hydrogen) atoms. The first kappa shape index (κ1) is 23.2. The second kappa shape index (κ2) is 9.78. The van der Waals surface area contributed by atoms with Crippen LogP contribution < -0.4 is 10.6 Å². The SMILES string of the molecule is CC1=CC(=O)C(NC(=O)N[C@@H](CC(=O)O)c2ccc(Cc3ccccc3C)s2)C(=O)N1C. The van der Waals surface area contributed by atoms with Crippen molar-refractivity contribution in [3.8, 4) is 0 Å². The van der Waals surface area contributed by atoms with Gasteiger partial charge in [0.1, 0.15) is 0 Å². The Morgan fingerprint density at radius 2 is 1.88 bits per heavy atom. The van der Waals surface area contributed by atoms with Crippen molar-refractivity contribution in [3.05, 3.63) is 69.1 Å². The van der Waals surface area contributed by atoms with Crippen LogP contribution >= 0.6 is 11.3 Å². The molecule has 3 rings (SSSR count). The summed E-state index contributed by atoms with van der Waals surface area (Å²) in [5, 5.41) is 14.3. The molecule has 3 amide bonds. The predicted molar refractivity (Wildman–Crippen MR) is 120 cm³/mol. The molecular weight excluding hydrogens is 430 g/mol. The minimum Gasteiger partial charge on any atom is -0.481 e. The number of nitrogens with zero attached hydrogens (tertiary/aromatic N) is 1. The summed E-state index contributed by atoms with van der Waals surface area (Å²) in [6.07, 6.45) is 1.66. The lowest BCUT2D eigenvalue weighted by Gasteiger charge is -2.28. The Kier molecular flexibility index (Phi) is 7.09. The number of aryl methyl sites for hydroxylation is 1. The maximum atomic E-state index is 12.5. The molecule has 1 unspecified atom stereocenters. The zero-order chi connectivity index (χ0) is 23.4. The highest BCUT2D eigenvalue weighted by Crippen LogP contribution is 2.28. The van der Waals surface area contributed by atoms with E-state index in [2.05, 4.69) is 10.6 Å². The average Bonchev–Trinajstić information content (AvgIpc) is 3.19. The number of carbonyl (C=O) groups excluding carboxylic acids is 3. The number of allylic oxidation sites excluding steroid dienone is 1. The molecule has 2 atom stereocenters. The maximum Gasteiger partial charge on any atom is 0.316 e. The number of rotatable bonds is 7. The largest absolute Gasteiger partial charge is 0.481 e. The molecule has 9 heteroatoms. The quantitative estimate of drug-likeness (QED) is 0.555. The van der Waals surface area contributed by atoms with Gasteiger partial charge in [-0.15, -0.1) is 11.3 Å². The van der Waals surface area contributed by atoms with E-state index in [1.54, 1.807) is 13.0 Å². The number of amides is 3. The molecule has 0 saturated carbocycles. The van der Waals surface area contributed by atoms with E-state index in [1.165, 1.54) is 34.9 Å². The number of carbonyl (C=O) groups is 4. The fourth-order valence-corrected chi connectivity index (χ4v) is 4.50. The van der Waals surface area contributed by atoms with Crippen LogP contribution in [0.4, 0.5) is 4.79 Å². The van der Waals surface area contributed by atoms with Crippen LogP contribution in [0.2, 0.25) is 0 Å². The molecule has 168 valence electrons. The van der Waals surface area contributed by atoms with Gasteiger partial charge in [0.15, 0.2) is 11.8 Å². The van der Waals surface area contributed by atoms with Gasteiger partial charge in [-0.25, -0.2) is 4.79 Å². The lowest BCUT2D eigenvalue weighted by molar-refractivity contribution is -0.138. The number of benzene rings is 1. The van der Waals surface area contributed by atoms with Crippen molar-refractivity contribution >= 4 is 35.0 Å². The van der Waals surface area contributed by atoms with Gasteiger partial charge in [-0.3, -0.25) is 14.4 Å². The maximum absolute atomic E-state index is 12.5. The van der Waals surface area contributed by atoms with Crippen LogP contribution in [0.3, 0.4) is 0 Å². The monoisotopic (exact) mass is 455 g/mol. The van der Waals surface area contributed by atoms with Crippen LogP contribution in [0.1, 0.15) is 40.3 Å². The van der Waals surface area contributed by atoms with Gasteiger partial charge in [-0.05, 0) is 37.1 Å². The third-order valence-electron chi connectivity index (χ3n) is 5.35. The van der Waals surface area contributed by atoms with E-state index in [9.17, 15) is 24.3 Å². The number of carboxylic acid groups (broad SMARTS) is 1. The molecule has 0 spiro atoms. The molecule has 0 fully saturated rings. The first-order valence-electron chi connectivity index (χ1n) is 10.1. The number of nitrogens with one attached hydrogen (secondary N) is 2. The zero-order valence-electron chi connectivity index (χ0n) is 18.0. The number of carboxylic acids is 1. The lowest BCUT2D eigenvalue weighted by Crippen LogP contribution is -2.56. The van der Waals surface area contributed by atoms with Gasteiger partial charge in [-0.1, -0.05) is 24.3 Å². The highest BCUT2D eigenvalue weighted by molar-refractivity contribution is 7.12. The first-order valence-corrected chi connectivity index (χ1v) is 10.9. The molecule has 0 aliphatic carbocycles. The smallest absolute Gasteiger partial charge is 0.316 e. The molecule has 2 heterocycles. The van der Waals surface area contributed by atoms with Crippen LogP contribution in [-0.4, -0.2) is 46.8 Å². The number of hydrogen-bond acceptors (Lipinski definition) is 5. The molecule has 8 nitrogen and oxygen atoms in total. The van der Waals surface area contributed by atoms with Crippen molar-refractivity contribution in [2.75, 3.05) is 7.05 Å². The van der Waals surface area contributed by atoms with Crippen molar-refractivity contribution in [1.82, 2.24) is 15.5 Å². The van der Waals surface area contributed by atoms with Crippen LogP contribution in [-0.2, 0) is 20.8 Å². The van der Waals surface area contributed by atoms with Gasteiger partial charge >= 0.3 is 12.0 Å². The van der Waals surface area contributed by atoms with Crippen LogP contribution in [0.5, 0.6) is 0 Å². The summed E-state index contributed by atoms with van der Waals surface area (Å²) in [7, 11) is 1.52. The van der Waals surface area contributed by atoms with Crippen molar-refractivity contribution in [1.29, 1.82) is 0 Å². The molecule has 1 aliphatic heterocycles. The van der Waals surface area contributed by atoms with E-state index in [1.807, 2.05) is 37.3 Å². The third kappa shape index (κ3) is 5.42. The Bertz CT molecular complexity index is 1090. The first-order chi connectivity index (χ1) is 15.2. The summed E-state index contributed by atoms with van der Waals surface area (Å²) in [6.45, 7) is 3.66. The molecule has 0 bridgehead atoms. The Morgan fingerprint density at radius 3 is 2.56 bits per heavy atom. The Morgan fingerprint density at radius 1 is 1.16 bits per heavy atom. The third-order valence-corrected chi connectivity index (χ3v) is 6.55. The summed E-state index contributed by atoms with van der Waals surface area (Å²) >= 11 is 1.42. The minimum absolute atomic E-state index is 0.330. The standard InChI is InChI=1S/C23H25N3O5S/c1-13-6-4-5-7-15(13)11-16-8-9-19(32-16)17(12-20(28)29)24-23(31)25-21-18(27)10-14(2)26(3)22(21)30/h4-10,17,21H,11-12H2,1-3H3,(H,28,29)(H2,24,25,31)/t17-,21?/m0/s1. The topological polar surface area (TPSA) is 116 Å². The number of urea groups is 1. The number of aliphatic carboxylic acids is 1. The number of hydrogen-bond donors (Lipinski definition) is 3. The van der Waals surface area contributed by atoms with Crippen molar-refractivity contribution in [3.63, 3.8) is 0 Å². The van der Waals surface area contributed by atoms with E-state index in [0.717, 1.165) is 10.4 Å². The van der Waals surface area contributed by atoms with Crippen molar-refractivity contribution in [2.24, 2.45) is 0 Å². The summed E-state index contributed by atoms with van der Waals surface area (Å²) in [5.41, 5.74) is 2.82. The highest BCUT2D eigenvalue weighted by atomic mass is 32.1. The van der Waals surface area contributed by atoms with E-state index >= 15 is 0 Å². The summed E-state index contributed by atoms with van der Waals surface area (Å²) in [6, 6.07) is 8.81. The van der Waals surface area contributed by atoms with Gasteiger partial charge in [0.05, 0.1) is 12.5 Å². The highest BCUT2D eigenvalue weighted by Gasteiger charge is 2.34. The molecule has 0 radical (unpaired) electrons. The molecule has 0 saturated heterocycles. The molecule has 1 aromatic heterocycles. The Labute approximate surface area is 189 Å². The number of ketones is 1. The fourth-order valence-electron chi connectivity index (χ4n) is 3.41. The molecule has 2 aromatic rings. The average molecular weight is 456 g/mol. The van der Waals surface area contributed by atoms with Gasteiger partial charge in [0.25, 0.3) is 5.91 Å². The summed E-state index contributed by atoms with van der Waals surface area (Å²) in [5.74, 6) is -2.14. The predicted octanol–water partition coefficient (Wildman–Crippen LogP) is 2.78.